The number of rotatable bonds is 4. The standard InChI is InChI=1S/C26H18ClN7O/c1-16-13-23(31-26(35)21-8-4-6-17-5-2-3-7-20(17)21)34(32-16)25-22-14-30-33(24(22)28-15-29-25)19-11-9-18(27)10-12-19/h2-15H,1H3,(H,31,35). The number of amides is 1. The second kappa shape index (κ2) is 8.34. The number of aryl methyl sites for hydroxylation is 1. The molecule has 0 spiro atoms. The van der Waals surface area contributed by atoms with Gasteiger partial charge < -0.3 is 5.32 Å². The third-order valence-corrected chi connectivity index (χ3v) is 5.98. The van der Waals surface area contributed by atoms with Gasteiger partial charge in [-0.05, 0) is 48.0 Å². The smallest absolute Gasteiger partial charge is 0.257 e. The van der Waals surface area contributed by atoms with Gasteiger partial charge in [-0.2, -0.15) is 14.9 Å². The fourth-order valence-electron chi connectivity index (χ4n) is 4.13. The van der Waals surface area contributed by atoms with Crippen molar-refractivity contribution in [3.05, 3.63) is 102 Å². The van der Waals surface area contributed by atoms with E-state index in [9.17, 15) is 4.79 Å². The number of hydrogen-bond donors (Lipinski definition) is 1. The van der Waals surface area contributed by atoms with Crippen molar-refractivity contribution in [1.82, 2.24) is 29.5 Å². The van der Waals surface area contributed by atoms with E-state index < -0.39 is 0 Å². The first-order chi connectivity index (χ1) is 17.1. The van der Waals surface area contributed by atoms with Crippen molar-refractivity contribution in [3.8, 4) is 11.5 Å². The minimum absolute atomic E-state index is 0.231. The lowest BCUT2D eigenvalue weighted by molar-refractivity contribution is 0.102. The van der Waals surface area contributed by atoms with Gasteiger partial charge in [0.05, 0.1) is 23.0 Å². The Morgan fingerprint density at radius 2 is 1.71 bits per heavy atom. The first-order valence-corrected chi connectivity index (χ1v) is 11.3. The molecule has 6 rings (SSSR count). The SMILES string of the molecule is Cc1cc(NC(=O)c2cccc3ccccc23)n(-c2ncnc3c2cnn3-c2ccc(Cl)cc2)n1. The highest BCUT2D eigenvalue weighted by Crippen LogP contribution is 2.26. The van der Waals surface area contributed by atoms with E-state index in [1.807, 2.05) is 61.5 Å². The lowest BCUT2D eigenvalue weighted by Gasteiger charge is -2.10. The molecule has 0 unspecified atom stereocenters. The molecule has 170 valence electrons. The topological polar surface area (TPSA) is 90.5 Å². The normalized spacial score (nSPS) is 11.3. The number of carbonyl (C=O) groups is 1. The largest absolute Gasteiger partial charge is 0.306 e. The van der Waals surface area contributed by atoms with Crippen molar-refractivity contribution in [1.29, 1.82) is 0 Å². The summed E-state index contributed by atoms with van der Waals surface area (Å²) < 4.78 is 3.32. The van der Waals surface area contributed by atoms with Gasteiger partial charge in [0.15, 0.2) is 11.5 Å². The molecule has 0 saturated carbocycles. The molecular weight excluding hydrogens is 462 g/mol. The van der Waals surface area contributed by atoms with Crippen LogP contribution in [0.25, 0.3) is 33.3 Å². The summed E-state index contributed by atoms with van der Waals surface area (Å²) in [7, 11) is 0. The fraction of sp³-hybridized carbons (Fsp3) is 0.0385. The summed E-state index contributed by atoms with van der Waals surface area (Å²) in [6, 6.07) is 22.6. The fourth-order valence-corrected chi connectivity index (χ4v) is 4.25. The van der Waals surface area contributed by atoms with Crippen LogP contribution in [0, 0.1) is 6.92 Å². The Hall–Kier alpha value is -4.56. The Labute approximate surface area is 204 Å². The molecule has 0 aliphatic heterocycles. The van der Waals surface area contributed by atoms with Gasteiger partial charge >= 0.3 is 0 Å². The Balaban J connectivity index is 1.42. The molecule has 35 heavy (non-hydrogen) atoms. The summed E-state index contributed by atoms with van der Waals surface area (Å²) >= 11 is 6.03. The van der Waals surface area contributed by atoms with Gasteiger partial charge in [-0.25, -0.2) is 14.6 Å². The zero-order valence-corrected chi connectivity index (χ0v) is 19.3. The minimum atomic E-state index is -0.231. The second-order valence-electron chi connectivity index (χ2n) is 8.03. The quantitative estimate of drug-likeness (QED) is 0.367. The molecule has 0 fully saturated rings. The van der Waals surface area contributed by atoms with E-state index in [-0.39, 0.29) is 5.91 Å². The summed E-state index contributed by atoms with van der Waals surface area (Å²) in [5, 5.41) is 15.3. The van der Waals surface area contributed by atoms with Crippen LogP contribution in [0.15, 0.2) is 85.3 Å². The van der Waals surface area contributed by atoms with Crippen LogP contribution in [0.5, 0.6) is 0 Å². The summed E-state index contributed by atoms with van der Waals surface area (Å²) in [6.45, 7) is 1.86. The average Bonchev–Trinajstić information content (AvgIpc) is 3.47. The molecule has 0 bridgehead atoms. The molecular formula is C26H18ClN7O. The summed E-state index contributed by atoms with van der Waals surface area (Å²) in [5.74, 6) is 0.779. The van der Waals surface area contributed by atoms with Crippen molar-refractivity contribution in [2.45, 2.75) is 6.92 Å². The van der Waals surface area contributed by atoms with E-state index in [0.29, 0.717) is 33.3 Å². The van der Waals surface area contributed by atoms with E-state index in [1.165, 1.54) is 6.33 Å². The van der Waals surface area contributed by atoms with Gasteiger partial charge in [-0.15, -0.1) is 0 Å². The van der Waals surface area contributed by atoms with Crippen molar-refractivity contribution in [2.75, 3.05) is 5.32 Å². The van der Waals surface area contributed by atoms with Crippen molar-refractivity contribution >= 4 is 45.1 Å². The third kappa shape index (κ3) is 3.70. The lowest BCUT2D eigenvalue weighted by Crippen LogP contribution is -2.16. The van der Waals surface area contributed by atoms with Gasteiger partial charge in [0, 0.05) is 16.7 Å². The number of nitrogens with zero attached hydrogens (tertiary/aromatic N) is 6. The predicted molar refractivity (Wildman–Crippen MR) is 135 cm³/mol. The van der Waals surface area contributed by atoms with Crippen LogP contribution in [0.4, 0.5) is 5.82 Å². The van der Waals surface area contributed by atoms with Crippen molar-refractivity contribution in [2.24, 2.45) is 0 Å². The maximum Gasteiger partial charge on any atom is 0.257 e. The number of anilines is 1. The lowest BCUT2D eigenvalue weighted by atomic mass is 10.0. The monoisotopic (exact) mass is 479 g/mol. The maximum atomic E-state index is 13.3. The van der Waals surface area contributed by atoms with Crippen molar-refractivity contribution < 1.29 is 4.79 Å². The highest BCUT2D eigenvalue weighted by Gasteiger charge is 2.19. The minimum Gasteiger partial charge on any atom is -0.306 e. The van der Waals surface area contributed by atoms with Crippen molar-refractivity contribution in [3.63, 3.8) is 0 Å². The van der Waals surface area contributed by atoms with E-state index in [0.717, 1.165) is 22.2 Å². The molecule has 0 aliphatic rings. The number of nitrogens with one attached hydrogen (secondary N) is 1. The van der Waals surface area contributed by atoms with Crippen LogP contribution in [-0.4, -0.2) is 35.4 Å². The number of benzene rings is 3. The number of carbonyl (C=O) groups excluding carboxylic acids is 1. The third-order valence-electron chi connectivity index (χ3n) is 5.72. The van der Waals surface area contributed by atoms with Crippen LogP contribution >= 0.6 is 11.6 Å². The Morgan fingerprint density at radius 1 is 0.914 bits per heavy atom. The van der Waals surface area contributed by atoms with Crippen LogP contribution < -0.4 is 5.32 Å². The van der Waals surface area contributed by atoms with E-state index in [4.69, 9.17) is 11.6 Å². The number of halogens is 1. The molecule has 1 amide bonds. The summed E-state index contributed by atoms with van der Waals surface area (Å²) in [5.41, 5.74) is 2.74. The molecule has 3 heterocycles. The van der Waals surface area contributed by atoms with Crippen LogP contribution in [0.1, 0.15) is 16.1 Å². The molecule has 1 N–H and O–H groups in total. The maximum absolute atomic E-state index is 13.3. The number of hydrogen-bond acceptors (Lipinski definition) is 5. The van der Waals surface area contributed by atoms with Gasteiger partial charge in [0.1, 0.15) is 12.1 Å². The molecule has 8 nitrogen and oxygen atoms in total. The first-order valence-electron chi connectivity index (χ1n) is 10.9. The zero-order valence-electron chi connectivity index (χ0n) is 18.6. The molecule has 3 aromatic carbocycles. The highest BCUT2D eigenvalue weighted by atomic mass is 35.5. The van der Waals surface area contributed by atoms with Gasteiger partial charge in [0.2, 0.25) is 0 Å². The summed E-state index contributed by atoms with van der Waals surface area (Å²) in [4.78, 5) is 22.2. The van der Waals surface area contributed by atoms with Crippen LogP contribution in [0.3, 0.4) is 0 Å². The first kappa shape index (κ1) is 21.0. The zero-order chi connectivity index (χ0) is 23.9. The molecule has 9 heteroatoms. The average molecular weight is 480 g/mol. The predicted octanol–water partition coefficient (Wildman–Crippen LogP) is 5.37. The Kier molecular flexibility index (Phi) is 5.00. The van der Waals surface area contributed by atoms with E-state index in [2.05, 4.69) is 25.5 Å². The molecule has 0 atom stereocenters. The van der Waals surface area contributed by atoms with E-state index >= 15 is 0 Å². The van der Waals surface area contributed by atoms with Crippen LogP contribution in [-0.2, 0) is 0 Å². The van der Waals surface area contributed by atoms with Crippen LogP contribution in [0.2, 0.25) is 5.02 Å². The molecule has 6 aromatic rings. The molecule has 0 radical (unpaired) electrons. The van der Waals surface area contributed by atoms with Gasteiger partial charge in [-0.3, -0.25) is 4.79 Å². The second-order valence-corrected chi connectivity index (χ2v) is 8.47. The molecule has 0 saturated heterocycles. The Morgan fingerprint density at radius 3 is 2.57 bits per heavy atom. The number of fused-ring (bicyclic) bond motifs is 2. The van der Waals surface area contributed by atoms with Gasteiger partial charge in [0.25, 0.3) is 5.91 Å². The summed E-state index contributed by atoms with van der Waals surface area (Å²) in [6.07, 6.45) is 3.14. The molecule has 0 aliphatic carbocycles. The number of aromatic nitrogens is 6. The van der Waals surface area contributed by atoms with E-state index in [1.54, 1.807) is 33.8 Å². The van der Waals surface area contributed by atoms with Gasteiger partial charge in [-0.1, -0.05) is 48.0 Å². The Bertz CT molecular complexity index is 1710. The molecule has 3 aromatic heterocycles. The highest BCUT2D eigenvalue weighted by molar-refractivity contribution is 6.30.